The minimum Gasteiger partial charge on any atom is -0.409 e. The number of nitrogens with zero attached hydrogens (tertiary/aromatic N) is 2. The molecule has 0 saturated carbocycles. The van der Waals surface area contributed by atoms with Gasteiger partial charge in [0, 0.05) is 28.8 Å². The van der Waals surface area contributed by atoms with Crippen LogP contribution in [0.3, 0.4) is 0 Å². The molecule has 21 heavy (non-hydrogen) atoms. The van der Waals surface area contributed by atoms with Crippen LogP contribution >= 0.6 is 15.9 Å². The number of amidine groups is 1. The molecule has 1 saturated heterocycles. The summed E-state index contributed by atoms with van der Waals surface area (Å²) in [6, 6.07) is 6.02. The van der Waals surface area contributed by atoms with Gasteiger partial charge in [-0.3, -0.25) is 0 Å². The normalized spacial score (nSPS) is 20.4. The summed E-state index contributed by atoms with van der Waals surface area (Å²) in [5.74, 6) is 1.01. The number of rotatable bonds is 4. The molecule has 1 aromatic carbocycles. The third kappa shape index (κ3) is 4.13. The molecule has 0 bridgehead atoms. The number of anilines is 1. The van der Waals surface area contributed by atoms with Gasteiger partial charge in [-0.2, -0.15) is 0 Å². The van der Waals surface area contributed by atoms with E-state index in [0.29, 0.717) is 0 Å². The van der Waals surface area contributed by atoms with Gasteiger partial charge in [-0.1, -0.05) is 24.9 Å². The largest absolute Gasteiger partial charge is 0.409 e. The summed E-state index contributed by atoms with van der Waals surface area (Å²) in [7, 11) is 0. The second-order valence-electron chi connectivity index (χ2n) is 5.72. The van der Waals surface area contributed by atoms with Crippen LogP contribution in [-0.4, -0.2) is 24.1 Å². The van der Waals surface area contributed by atoms with Crippen molar-refractivity contribution in [3.63, 3.8) is 0 Å². The first-order valence-electron chi connectivity index (χ1n) is 7.68. The predicted octanol–water partition coefficient (Wildman–Crippen LogP) is 3.95. The lowest BCUT2D eigenvalue weighted by molar-refractivity contribution is 0.318. The second kappa shape index (κ2) is 7.69. The number of benzene rings is 1. The van der Waals surface area contributed by atoms with E-state index in [1.54, 1.807) is 0 Å². The summed E-state index contributed by atoms with van der Waals surface area (Å²) < 4.78 is 0.865. The second-order valence-corrected chi connectivity index (χ2v) is 6.58. The Bertz CT molecular complexity index is 504. The average Bonchev–Trinajstić information content (AvgIpc) is 2.72. The summed E-state index contributed by atoms with van der Waals surface area (Å²) >= 11 is 3.51. The van der Waals surface area contributed by atoms with Gasteiger partial charge in [0.05, 0.1) is 0 Å². The van der Waals surface area contributed by atoms with Crippen LogP contribution < -0.4 is 10.6 Å². The summed E-state index contributed by atoms with van der Waals surface area (Å²) in [5.41, 5.74) is 7.58. The van der Waals surface area contributed by atoms with Gasteiger partial charge in [0.1, 0.15) is 0 Å². The zero-order valence-corrected chi connectivity index (χ0v) is 14.1. The van der Waals surface area contributed by atoms with Gasteiger partial charge in [0.15, 0.2) is 5.84 Å². The van der Waals surface area contributed by atoms with Gasteiger partial charge in [0.2, 0.25) is 0 Å². The zero-order valence-electron chi connectivity index (χ0n) is 12.6. The molecule has 1 fully saturated rings. The van der Waals surface area contributed by atoms with Crippen LogP contribution in [0.2, 0.25) is 0 Å². The molecule has 1 unspecified atom stereocenters. The van der Waals surface area contributed by atoms with Crippen molar-refractivity contribution in [1.82, 2.24) is 0 Å². The Kier molecular flexibility index (Phi) is 5.91. The lowest BCUT2D eigenvalue weighted by Gasteiger charge is -2.23. The van der Waals surface area contributed by atoms with Crippen LogP contribution in [-0.2, 0) is 0 Å². The van der Waals surface area contributed by atoms with Crippen molar-refractivity contribution in [2.45, 2.75) is 39.0 Å². The molecular weight excluding hydrogens is 330 g/mol. The first-order chi connectivity index (χ1) is 10.2. The van der Waals surface area contributed by atoms with E-state index in [-0.39, 0.29) is 5.84 Å². The third-order valence-corrected chi connectivity index (χ3v) is 4.90. The van der Waals surface area contributed by atoms with E-state index < -0.39 is 0 Å². The van der Waals surface area contributed by atoms with Crippen molar-refractivity contribution in [1.29, 1.82) is 0 Å². The molecule has 0 aromatic heterocycles. The molecule has 0 radical (unpaired) electrons. The van der Waals surface area contributed by atoms with Crippen LogP contribution in [0.5, 0.6) is 0 Å². The molecule has 1 aromatic rings. The fourth-order valence-corrected chi connectivity index (χ4v) is 3.65. The standard InChI is InChI=1S/C16H24BrN3O/c1-2-4-12-5-3-9-20(10-8-12)13-6-7-14(15(17)11-13)16(18)19-21/h6-7,11-12,21H,2-5,8-10H2,1H3,(H2,18,19). The molecule has 1 atom stereocenters. The van der Waals surface area contributed by atoms with Gasteiger partial charge in [-0.05, 0) is 59.3 Å². The monoisotopic (exact) mass is 353 g/mol. The lowest BCUT2D eigenvalue weighted by atomic mass is 9.96. The minimum absolute atomic E-state index is 0.132. The van der Waals surface area contributed by atoms with Crippen molar-refractivity contribution >= 4 is 27.5 Å². The first kappa shape index (κ1) is 16.1. The van der Waals surface area contributed by atoms with Gasteiger partial charge in [-0.15, -0.1) is 0 Å². The van der Waals surface area contributed by atoms with Crippen molar-refractivity contribution in [3.8, 4) is 0 Å². The van der Waals surface area contributed by atoms with Crippen molar-refractivity contribution in [2.75, 3.05) is 18.0 Å². The summed E-state index contributed by atoms with van der Waals surface area (Å²) in [4.78, 5) is 2.44. The Morgan fingerprint density at radius 3 is 2.90 bits per heavy atom. The Hall–Kier alpha value is -1.23. The summed E-state index contributed by atoms with van der Waals surface area (Å²) in [6.45, 7) is 4.49. The van der Waals surface area contributed by atoms with Gasteiger partial charge in [-0.25, -0.2) is 0 Å². The van der Waals surface area contributed by atoms with E-state index in [1.165, 1.54) is 37.8 Å². The highest BCUT2D eigenvalue weighted by Gasteiger charge is 2.17. The Morgan fingerprint density at radius 2 is 2.24 bits per heavy atom. The SMILES string of the molecule is CCCC1CCCN(c2ccc(/C(N)=N/O)c(Br)c2)CC1. The quantitative estimate of drug-likeness (QED) is 0.372. The smallest absolute Gasteiger partial charge is 0.171 e. The van der Waals surface area contributed by atoms with Crippen LogP contribution in [0.15, 0.2) is 27.8 Å². The van der Waals surface area contributed by atoms with Crippen LogP contribution in [0, 0.1) is 5.92 Å². The Labute approximate surface area is 135 Å². The third-order valence-electron chi connectivity index (χ3n) is 4.25. The maximum atomic E-state index is 8.78. The number of oxime groups is 1. The van der Waals surface area contributed by atoms with Crippen molar-refractivity contribution < 1.29 is 5.21 Å². The van der Waals surface area contributed by atoms with E-state index in [4.69, 9.17) is 10.9 Å². The molecule has 0 aliphatic carbocycles. The van der Waals surface area contributed by atoms with E-state index in [9.17, 15) is 0 Å². The van der Waals surface area contributed by atoms with E-state index in [0.717, 1.165) is 29.0 Å². The van der Waals surface area contributed by atoms with Gasteiger partial charge >= 0.3 is 0 Å². The van der Waals surface area contributed by atoms with E-state index >= 15 is 0 Å². The fraction of sp³-hybridized carbons (Fsp3) is 0.562. The topological polar surface area (TPSA) is 61.8 Å². The van der Waals surface area contributed by atoms with Crippen LogP contribution in [0.4, 0.5) is 5.69 Å². The van der Waals surface area contributed by atoms with E-state index in [1.807, 2.05) is 6.07 Å². The fourth-order valence-electron chi connectivity index (χ4n) is 3.08. The first-order valence-corrected chi connectivity index (χ1v) is 8.47. The molecule has 5 heteroatoms. The molecule has 1 aliphatic heterocycles. The van der Waals surface area contributed by atoms with Crippen molar-refractivity contribution in [3.05, 3.63) is 28.2 Å². The van der Waals surface area contributed by atoms with Crippen LogP contribution in [0.25, 0.3) is 0 Å². The molecule has 3 N–H and O–H groups in total. The molecule has 116 valence electrons. The highest BCUT2D eigenvalue weighted by molar-refractivity contribution is 9.10. The Morgan fingerprint density at radius 1 is 1.43 bits per heavy atom. The van der Waals surface area contributed by atoms with Crippen LogP contribution in [0.1, 0.15) is 44.6 Å². The maximum absolute atomic E-state index is 8.78. The molecule has 0 amide bonds. The minimum atomic E-state index is 0.132. The number of hydrogen-bond acceptors (Lipinski definition) is 3. The average molecular weight is 354 g/mol. The number of halogens is 1. The van der Waals surface area contributed by atoms with E-state index in [2.05, 4.69) is 45.0 Å². The summed E-state index contributed by atoms with van der Waals surface area (Å²) in [6.07, 6.45) is 6.50. The highest BCUT2D eigenvalue weighted by Crippen LogP contribution is 2.28. The molecule has 1 heterocycles. The Balaban J connectivity index is 2.10. The lowest BCUT2D eigenvalue weighted by Crippen LogP contribution is -2.24. The van der Waals surface area contributed by atoms with Crippen molar-refractivity contribution in [2.24, 2.45) is 16.8 Å². The highest BCUT2D eigenvalue weighted by atomic mass is 79.9. The molecule has 2 rings (SSSR count). The van der Waals surface area contributed by atoms with Gasteiger partial charge in [0.25, 0.3) is 0 Å². The molecule has 1 aliphatic rings. The van der Waals surface area contributed by atoms with Gasteiger partial charge < -0.3 is 15.8 Å². The summed E-state index contributed by atoms with van der Waals surface area (Å²) in [5, 5.41) is 11.8. The molecule has 4 nitrogen and oxygen atoms in total. The molecule has 0 spiro atoms. The number of nitrogens with two attached hydrogens (primary N) is 1. The predicted molar refractivity (Wildman–Crippen MR) is 91.1 cm³/mol. The number of hydrogen-bond donors (Lipinski definition) is 2. The maximum Gasteiger partial charge on any atom is 0.171 e. The molecular formula is C16H24BrN3O. The zero-order chi connectivity index (χ0) is 15.2.